The van der Waals surface area contributed by atoms with Crippen molar-refractivity contribution in [3.8, 4) is 0 Å². The van der Waals surface area contributed by atoms with E-state index in [-0.39, 0.29) is 35.3 Å². The molecule has 0 aromatic carbocycles. The summed E-state index contributed by atoms with van der Waals surface area (Å²) in [7, 11) is -3.92. The Balaban J connectivity index is -0.000000425. The fourth-order valence-electron chi connectivity index (χ4n) is 2.20. The van der Waals surface area contributed by atoms with Crippen LogP contribution in [0.15, 0.2) is 0 Å². The van der Waals surface area contributed by atoms with Gasteiger partial charge in [0.05, 0.1) is 10.1 Å². The van der Waals surface area contributed by atoms with E-state index in [4.69, 9.17) is 5.11 Å². The van der Waals surface area contributed by atoms with Crippen molar-refractivity contribution in [1.29, 1.82) is 0 Å². The normalized spacial score (nSPS) is 10.6. The molecule has 0 saturated carbocycles. The van der Waals surface area contributed by atoms with Crippen molar-refractivity contribution < 1.29 is 47.6 Å². The van der Waals surface area contributed by atoms with Gasteiger partial charge in [-0.25, -0.2) is 8.42 Å². The standard InChI is InChI=1S/C14H30O.C3H8O3S.Na/c1-2-3-4-5-6-7-8-9-10-11-12-13-14-15;1-2-3-7(4,5)6;/h15H,2-14H2,1H3;2-3H2,1H3,(H,4,5,6);/q;;+1/p-1. The smallest absolute Gasteiger partial charge is 0.748 e. The van der Waals surface area contributed by atoms with E-state index in [0.29, 0.717) is 13.0 Å². The predicted octanol–water partition coefficient (Wildman–Crippen LogP) is 1.63. The van der Waals surface area contributed by atoms with E-state index in [1.54, 1.807) is 6.92 Å². The van der Waals surface area contributed by atoms with Gasteiger partial charge in [-0.2, -0.15) is 0 Å². The van der Waals surface area contributed by atoms with Gasteiger partial charge in [0.2, 0.25) is 0 Å². The maximum absolute atomic E-state index is 9.68. The van der Waals surface area contributed by atoms with E-state index in [1.807, 2.05) is 0 Å². The largest absolute Gasteiger partial charge is 1.00 e. The molecule has 0 fully saturated rings. The summed E-state index contributed by atoms with van der Waals surface area (Å²) >= 11 is 0. The van der Waals surface area contributed by atoms with Crippen molar-refractivity contribution in [2.45, 2.75) is 97.3 Å². The summed E-state index contributed by atoms with van der Waals surface area (Å²) in [5.74, 6) is -0.243. The molecule has 0 aliphatic carbocycles. The molecule has 0 radical (unpaired) electrons. The molecule has 23 heavy (non-hydrogen) atoms. The Labute approximate surface area is 166 Å². The third-order valence-corrected chi connectivity index (χ3v) is 4.37. The van der Waals surface area contributed by atoms with Gasteiger partial charge in [0.1, 0.15) is 0 Å². The summed E-state index contributed by atoms with van der Waals surface area (Å²) in [6.45, 7) is 4.29. The summed E-state index contributed by atoms with van der Waals surface area (Å²) in [5.41, 5.74) is 0. The minimum Gasteiger partial charge on any atom is -0.748 e. The molecule has 0 saturated heterocycles. The maximum atomic E-state index is 9.68. The van der Waals surface area contributed by atoms with E-state index < -0.39 is 10.1 Å². The van der Waals surface area contributed by atoms with E-state index in [1.165, 1.54) is 70.6 Å². The van der Waals surface area contributed by atoms with Crippen LogP contribution in [-0.4, -0.2) is 30.4 Å². The molecular weight excluding hydrogens is 323 g/mol. The number of rotatable bonds is 14. The van der Waals surface area contributed by atoms with Gasteiger partial charge in [0.15, 0.2) is 0 Å². The van der Waals surface area contributed by atoms with Gasteiger partial charge in [0.25, 0.3) is 0 Å². The van der Waals surface area contributed by atoms with Crippen LogP contribution in [0.1, 0.15) is 97.3 Å². The summed E-state index contributed by atoms with van der Waals surface area (Å²) in [5, 5.41) is 8.61. The van der Waals surface area contributed by atoms with Gasteiger partial charge in [-0.15, -0.1) is 0 Å². The molecule has 136 valence electrons. The van der Waals surface area contributed by atoms with Gasteiger partial charge >= 0.3 is 29.6 Å². The molecule has 0 aliphatic heterocycles. The van der Waals surface area contributed by atoms with Crippen LogP contribution in [0, 0.1) is 0 Å². The van der Waals surface area contributed by atoms with Crippen LogP contribution in [0.25, 0.3) is 0 Å². The van der Waals surface area contributed by atoms with Crippen molar-refractivity contribution >= 4 is 10.1 Å². The molecule has 0 atom stereocenters. The number of unbranched alkanes of at least 4 members (excludes halogenated alkanes) is 11. The quantitative estimate of drug-likeness (QED) is 0.290. The molecule has 0 bridgehead atoms. The van der Waals surface area contributed by atoms with Crippen LogP contribution in [0.2, 0.25) is 0 Å². The molecule has 0 unspecified atom stereocenters. The van der Waals surface area contributed by atoms with Crippen LogP contribution in [0.3, 0.4) is 0 Å². The van der Waals surface area contributed by atoms with Crippen molar-refractivity contribution in [2.75, 3.05) is 12.4 Å². The zero-order chi connectivity index (χ0) is 17.1. The summed E-state index contributed by atoms with van der Waals surface area (Å²) in [6.07, 6.45) is 16.7. The van der Waals surface area contributed by atoms with Crippen LogP contribution < -0.4 is 29.6 Å². The van der Waals surface area contributed by atoms with E-state index in [9.17, 15) is 13.0 Å². The topological polar surface area (TPSA) is 77.4 Å². The Morgan fingerprint density at radius 1 is 0.696 bits per heavy atom. The molecular formula is C17H37NaO4S. The molecule has 0 heterocycles. The molecule has 0 spiro atoms. The Morgan fingerprint density at radius 3 is 1.26 bits per heavy atom. The minimum atomic E-state index is -3.92. The fraction of sp³-hybridized carbons (Fsp3) is 1.00. The molecule has 0 aromatic rings. The first-order chi connectivity index (χ1) is 10.5. The second-order valence-electron chi connectivity index (χ2n) is 5.87. The summed E-state index contributed by atoms with van der Waals surface area (Å²) < 4.78 is 29.0. The van der Waals surface area contributed by atoms with Crippen LogP contribution >= 0.6 is 0 Å². The molecule has 0 rings (SSSR count). The molecule has 4 nitrogen and oxygen atoms in total. The number of hydrogen-bond acceptors (Lipinski definition) is 4. The van der Waals surface area contributed by atoms with E-state index in [2.05, 4.69) is 6.92 Å². The number of aliphatic hydroxyl groups excluding tert-OH is 1. The minimum absolute atomic E-state index is 0. The predicted molar refractivity (Wildman–Crippen MR) is 93.0 cm³/mol. The zero-order valence-corrected chi connectivity index (χ0v) is 18.5. The Kier molecular flexibility index (Phi) is 28.5. The summed E-state index contributed by atoms with van der Waals surface area (Å²) in [6, 6.07) is 0. The average molecular weight is 361 g/mol. The molecule has 6 heteroatoms. The monoisotopic (exact) mass is 360 g/mol. The number of hydrogen-bond donors (Lipinski definition) is 1. The van der Waals surface area contributed by atoms with Crippen molar-refractivity contribution in [2.24, 2.45) is 0 Å². The van der Waals surface area contributed by atoms with E-state index >= 15 is 0 Å². The Morgan fingerprint density at radius 2 is 1.04 bits per heavy atom. The zero-order valence-electron chi connectivity index (χ0n) is 15.7. The Bertz CT molecular complexity index is 283. The van der Waals surface area contributed by atoms with Crippen LogP contribution in [0.4, 0.5) is 0 Å². The van der Waals surface area contributed by atoms with Gasteiger partial charge < -0.3 is 9.66 Å². The summed E-state index contributed by atoms with van der Waals surface area (Å²) in [4.78, 5) is 0. The van der Waals surface area contributed by atoms with Gasteiger partial charge in [-0.05, 0) is 12.8 Å². The van der Waals surface area contributed by atoms with Gasteiger partial charge in [0, 0.05) is 12.4 Å². The molecule has 1 N–H and O–H groups in total. The van der Waals surface area contributed by atoms with Gasteiger partial charge in [-0.3, -0.25) is 0 Å². The van der Waals surface area contributed by atoms with Crippen molar-refractivity contribution in [3.63, 3.8) is 0 Å². The van der Waals surface area contributed by atoms with Crippen molar-refractivity contribution in [3.05, 3.63) is 0 Å². The Hall–Kier alpha value is 0.870. The second kappa shape index (κ2) is 22.9. The first kappa shape index (κ1) is 28.7. The average Bonchev–Trinajstić information content (AvgIpc) is 2.44. The third kappa shape index (κ3) is 35.0. The van der Waals surface area contributed by atoms with Crippen LogP contribution in [-0.2, 0) is 10.1 Å². The second-order valence-corrected chi connectivity index (χ2v) is 7.40. The molecule has 0 aromatic heterocycles. The SMILES string of the molecule is CCCCCCCCCCCCCCO.CCCS(=O)(=O)[O-].[Na+]. The van der Waals surface area contributed by atoms with Crippen LogP contribution in [0.5, 0.6) is 0 Å². The maximum Gasteiger partial charge on any atom is 1.00 e. The van der Waals surface area contributed by atoms with Crippen molar-refractivity contribution in [1.82, 2.24) is 0 Å². The molecule has 0 aliphatic rings. The first-order valence-electron chi connectivity index (χ1n) is 9.02. The van der Waals surface area contributed by atoms with Gasteiger partial charge in [-0.1, -0.05) is 84.5 Å². The molecule has 0 amide bonds. The fourth-order valence-corrected chi connectivity index (χ4v) is 2.70. The third-order valence-electron chi connectivity index (χ3n) is 3.47. The number of aliphatic hydroxyl groups is 1. The first-order valence-corrected chi connectivity index (χ1v) is 10.6. The van der Waals surface area contributed by atoms with E-state index in [0.717, 1.165) is 6.42 Å².